The molecule has 200 valence electrons. The number of halogens is 1. The Bertz CT molecular complexity index is 1550. The van der Waals surface area contributed by atoms with E-state index in [-0.39, 0.29) is 30.0 Å². The maximum absolute atomic E-state index is 13.0. The fourth-order valence-electron chi connectivity index (χ4n) is 5.89. The molecule has 2 saturated heterocycles. The van der Waals surface area contributed by atoms with Crippen molar-refractivity contribution in [2.75, 3.05) is 24.6 Å². The number of aryl methyl sites for hydroxylation is 1. The molecule has 0 saturated carbocycles. The van der Waals surface area contributed by atoms with E-state index >= 15 is 0 Å². The molecule has 0 amide bonds. The van der Waals surface area contributed by atoms with Crippen molar-refractivity contribution in [1.82, 2.24) is 34.2 Å². The molecular weight excluding hydrogens is 504 g/mol. The van der Waals surface area contributed by atoms with Gasteiger partial charge in [0.1, 0.15) is 5.52 Å². The molecule has 2 aliphatic heterocycles. The number of rotatable bonds is 4. The molecule has 1 unspecified atom stereocenters. The lowest BCUT2D eigenvalue weighted by atomic mass is 10.00. The van der Waals surface area contributed by atoms with Gasteiger partial charge in [0.25, 0.3) is 0 Å². The van der Waals surface area contributed by atoms with Gasteiger partial charge in [0.2, 0.25) is 0 Å². The van der Waals surface area contributed by atoms with E-state index in [0.717, 1.165) is 36.8 Å². The molecule has 10 nitrogen and oxygen atoms in total. The molecule has 0 radical (unpaired) electrons. The standard InChI is InChI=1S/C27H33ClN8O2/c1-16-15-35(17(2)14-34(16)18(3)19-8-9-20-21(13-19)30-11-10-29-20)26-23-24(33(4)27(37)31-26)25(28)36(32-23)22-7-5-6-12-38-22/h8-11,13,16-18,22H,5-7,12,14-15H2,1-4H3/t16-,17+,18-,22?/m1/s1. The first-order valence-electron chi connectivity index (χ1n) is 13.3. The summed E-state index contributed by atoms with van der Waals surface area (Å²) in [6.45, 7) is 8.82. The van der Waals surface area contributed by atoms with Crippen molar-refractivity contribution in [2.45, 2.75) is 64.4 Å². The topological polar surface area (TPSA) is 94.2 Å². The third kappa shape index (κ3) is 4.24. The molecule has 1 aromatic carbocycles. The molecule has 38 heavy (non-hydrogen) atoms. The van der Waals surface area contributed by atoms with Crippen LogP contribution in [-0.2, 0) is 11.8 Å². The zero-order chi connectivity index (χ0) is 26.6. The fraction of sp³-hybridized carbons (Fsp3) is 0.519. The highest BCUT2D eigenvalue weighted by molar-refractivity contribution is 6.34. The third-order valence-electron chi connectivity index (χ3n) is 8.07. The molecule has 0 N–H and O–H groups in total. The molecule has 4 aromatic rings. The Morgan fingerprint density at radius 2 is 1.87 bits per heavy atom. The van der Waals surface area contributed by atoms with E-state index in [4.69, 9.17) is 21.4 Å². The predicted molar refractivity (Wildman–Crippen MR) is 148 cm³/mol. The highest BCUT2D eigenvalue weighted by Gasteiger charge is 2.35. The summed E-state index contributed by atoms with van der Waals surface area (Å²) in [7, 11) is 1.70. The Labute approximate surface area is 226 Å². The predicted octanol–water partition coefficient (Wildman–Crippen LogP) is 4.09. The average molecular weight is 537 g/mol. The smallest absolute Gasteiger partial charge is 0.349 e. The number of aromatic nitrogens is 6. The first kappa shape index (κ1) is 25.2. The van der Waals surface area contributed by atoms with Crippen molar-refractivity contribution in [3.63, 3.8) is 0 Å². The van der Waals surface area contributed by atoms with Gasteiger partial charge in [-0.15, -0.1) is 0 Å². The van der Waals surface area contributed by atoms with Crippen molar-refractivity contribution >= 4 is 39.5 Å². The normalized spacial score (nSPS) is 23.8. The molecule has 0 spiro atoms. The van der Waals surface area contributed by atoms with Crippen LogP contribution in [0, 0.1) is 0 Å². The second kappa shape index (κ2) is 9.91. The van der Waals surface area contributed by atoms with E-state index in [1.54, 1.807) is 24.1 Å². The Morgan fingerprint density at radius 3 is 2.63 bits per heavy atom. The molecule has 2 aliphatic rings. The lowest BCUT2D eigenvalue weighted by Crippen LogP contribution is -2.57. The summed E-state index contributed by atoms with van der Waals surface area (Å²) in [5.74, 6) is 0.590. The molecule has 3 aromatic heterocycles. The van der Waals surface area contributed by atoms with Crippen LogP contribution in [0.5, 0.6) is 0 Å². The second-order valence-electron chi connectivity index (χ2n) is 10.6. The van der Waals surface area contributed by atoms with Crippen LogP contribution in [0.3, 0.4) is 0 Å². The van der Waals surface area contributed by atoms with Crippen molar-refractivity contribution in [3.8, 4) is 0 Å². The highest BCUT2D eigenvalue weighted by Crippen LogP contribution is 2.36. The molecule has 0 bridgehead atoms. The molecule has 5 heterocycles. The molecule has 2 fully saturated rings. The van der Waals surface area contributed by atoms with Crippen LogP contribution in [0.4, 0.5) is 5.82 Å². The van der Waals surface area contributed by atoms with E-state index < -0.39 is 0 Å². The zero-order valence-corrected chi connectivity index (χ0v) is 23.0. The van der Waals surface area contributed by atoms with E-state index in [1.165, 1.54) is 10.1 Å². The van der Waals surface area contributed by atoms with E-state index in [0.29, 0.717) is 35.2 Å². The van der Waals surface area contributed by atoms with Crippen LogP contribution in [0.25, 0.3) is 22.1 Å². The molecule has 6 rings (SSSR count). The van der Waals surface area contributed by atoms with Gasteiger partial charge in [-0.25, -0.2) is 9.48 Å². The number of ether oxygens (including phenoxy) is 1. The van der Waals surface area contributed by atoms with Gasteiger partial charge < -0.3 is 9.64 Å². The van der Waals surface area contributed by atoms with Crippen LogP contribution >= 0.6 is 11.6 Å². The van der Waals surface area contributed by atoms with Crippen molar-refractivity contribution in [1.29, 1.82) is 0 Å². The van der Waals surface area contributed by atoms with Crippen LogP contribution in [0.1, 0.15) is 57.9 Å². The van der Waals surface area contributed by atoms with Gasteiger partial charge in [0.15, 0.2) is 22.7 Å². The molecular formula is C27H33ClN8O2. The molecule has 11 heteroatoms. The van der Waals surface area contributed by atoms with Gasteiger partial charge in [-0.2, -0.15) is 10.1 Å². The van der Waals surface area contributed by atoms with Crippen LogP contribution in [-0.4, -0.2) is 66.0 Å². The second-order valence-corrected chi connectivity index (χ2v) is 10.9. The van der Waals surface area contributed by atoms with Crippen molar-refractivity contribution in [3.05, 3.63) is 51.8 Å². The average Bonchev–Trinajstić information content (AvgIpc) is 3.29. The number of anilines is 1. The molecule has 0 aliphatic carbocycles. The van der Waals surface area contributed by atoms with Gasteiger partial charge in [-0.3, -0.25) is 19.4 Å². The summed E-state index contributed by atoms with van der Waals surface area (Å²) in [5, 5.41) is 5.29. The summed E-state index contributed by atoms with van der Waals surface area (Å²) < 4.78 is 9.17. The molecule has 4 atom stereocenters. The zero-order valence-electron chi connectivity index (χ0n) is 22.2. The van der Waals surface area contributed by atoms with E-state index in [2.05, 4.69) is 57.7 Å². The maximum atomic E-state index is 13.0. The number of nitrogens with zero attached hydrogens (tertiary/aromatic N) is 8. The van der Waals surface area contributed by atoms with Gasteiger partial charge in [0.05, 0.1) is 11.0 Å². The summed E-state index contributed by atoms with van der Waals surface area (Å²) in [6, 6.07) is 6.80. The summed E-state index contributed by atoms with van der Waals surface area (Å²) in [4.78, 5) is 31.0. The number of piperazine rings is 1. The minimum Gasteiger partial charge on any atom is -0.356 e. The van der Waals surface area contributed by atoms with Crippen molar-refractivity contribution < 1.29 is 4.74 Å². The summed E-state index contributed by atoms with van der Waals surface area (Å²) >= 11 is 6.81. The Morgan fingerprint density at radius 1 is 1.08 bits per heavy atom. The number of benzene rings is 1. The first-order chi connectivity index (χ1) is 18.3. The third-order valence-corrected chi connectivity index (χ3v) is 8.42. The van der Waals surface area contributed by atoms with E-state index in [1.807, 2.05) is 6.07 Å². The Hall–Kier alpha value is -3.08. The lowest BCUT2D eigenvalue weighted by Gasteiger charge is -2.47. The SMILES string of the molecule is C[C@@H]1CN(c2nc(=O)n(C)c3c(Cl)n(C4CCCCO4)nc23)[C@@H](C)CN1[C@H](C)c1ccc2nccnc2c1. The van der Waals surface area contributed by atoms with Crippen LogP contribution in [0.2, 0.25) is 5.15 Å². The number of hydrogen-bond donors (Lipinski definition) is 0. The van der Waals surface area contributed by atoms with Gasteiger partial charge in [-0.05, 0) is 57.7 Å². The quantitative estimate of drug-likeness (QED) is 0.385. The van der Waals surface area contributed by atoms with Crippen molar-refractivity contribution in [2.24, 2.45) is 7.05 Å². The largest absolute Gasteiger partial charge is 0.356 e. The number of hydrogen-bond acceptors (Lipinski definition) is 8. The van der Waals surface area contributed by atoms with E-state index in [9.17, 15) is 4.79 Å². The Kier molecular flexibility index (Phi) is 6.57. The minimum absolute atomic E-state index is 0.103. The first-order valence-corrected chi connectivity index (χ1v) is 13.7. The van der Waals surface area contributed by atoms with Gasteiger partial charge in [0, 0.05) is 57.3 Å². The minimum atomic E-state index is -0.341. The van der Waals surface area contributed by atoms with Crippen LogP contribution in [0.15, 0.2) is 35.4 Å². The lowest BCUT2D eigenvalue weighted by molar-refractivity contribution is -0.0388. The van der Waals surface area contributed by atoms with Gasteiger partial charge in [-0.1, -0.05) is 17.7 Å². The number of fused-ring (bicyclic) bond motifs is 2. The van der Waals surface area contributed by atoms with Gasteiger partial charge >= 0.3 is 5.69 Å². The maximum Gasteiger partial charge on any atom is 0.349 e. The summed E-state index contributed by atoms with van der Waals surface area (Å²) in [6.07, 6.45) is 6.15. The highest BCUT2D eigenvalue weighted by atomic mass is 35.5. The van der Waals surface area contributed by atoms with Crippen LogP contribution < -0.4 is 10.6 Å². The Balaban J connectivity index is 1.32. The summed E-state index contributed by atoms with van der Waals surface area (Å²) in [5.41, 5.74) is 3.90. The monoisotopic (exact) mass is 536 g/mol. The fourth-order valence-corrected chi connectivity index (χ4v) is 6.26.